The summed E-state index contributed by atoms with van der Waals surface area (Å²) in [5.41, 5.74) is 2.30. The van der Waals surface area contributed by atoms with Crippen LogP contribution in [-0.2, 0) is 18.4 Å². The van der Waals surface area contributed by atoms with E-state index in [0.29, 0.717) is 19.0 Å². The Kier molecular flexibility index (Phi) is 5.46. The van der Waals surface area contributed by atoms with Gasteiger partial charge in [-0.15, -0.1) is 0 Å². The number of hydrogen-bond donors (Lipinski definition) is 1. The molecule has 1 N–H and O–H groups in total. The second kappa shape index (κ2) is 7.43. The molecule has 2 aliphatic heterocycles. The van der Waals surface area contributed by atoms with Gasteiger partial charge < -0.3 is 10.0 Å². The Balaban J connectivity index is 1.57. The minimum atomic E-state index is -0.385. The third-order valence-electron chi connectivity index (χ3n) is 5.55. The molecule has 2 fully saturated rings. The third kappa shape index (κ3) is 4.04. The zero-order valence-corrected chi connectivity index (χ0v) is 15.9. The van der Waals surface area contributed by atoms with E-state index in [9.17, 15) is 9.90 Å². The van der Waals surface area contributed by atoms with Crippen LogP contribution in [-0.4, -0.2) is 87.4 Å². The molecule has 2 aliphatic rings. The first kappa shape index (κ1) is 18.4. The fourth-order valence-electron chi connectivity index (χ4n) is 4.23. The Morgan fingerprint density at radius 2 is 2.04 bits per heavy atom. The number of amides is 1. The van der Waals surface area contributed by atoms with Crippen molar-refractivity contribution >= 4 is 5.91 Å². The van der Waals surface area contributed by atoms with Crippen LogP contribution >= 0.6 is 0 Å². The summed E-state index contributed by atoms with van der Waals surface area (Å²) in [4.78, 5) is 18.8. The van der Waals surface area contributed by atoms with E-state index in [2.05, 4.69) is 21.0 Å². The molecule has 3 heterocycles. The summed E-state index contributed by atoms with van der Waals surface area (Å²) in [6, 6.07) is 2.37. The van der Waals surface area contributed by atoms with Gasteiger partial charge in [-0.25, -0.2) is 0 Å². The number of rotatable bonds is 4. The van der Waals surface area contributed by atoms with Crippen molar-refractivity contribution in [2.75, 3.05) is 33.7 Å². The van der Waals surface area contributed by atoms with E-state index in [1.54, 1.807) is 19.0 Å². The van der Waals surface area contributed by atoms with Crippen LogP contribution in [0.25, 0.3) is 0 Å². The second-order valence-electron chi connectivity index (χ2n) is 7.74. The van der Waals surface area contributed by atoms with Crippen molar-refractivity contribution in [1.82, 2.24) is 24.5 Å². The van der Waals surface area contributed by atoms with Gasteiger partial charge in [0.1, 0.15) is 0 Å². The van der Waals surface area contributed by atoms with Crippen LogP contribution in [0.3, 0.4) is 0 Å². The number of piperidine rings is 1. The lowest BCUT2D eigenvalue weighted by molar-refractivity contribution is -0.134. The molecule has 0 spiro atoms. The SMILES string of the molecule is Cc1cc(CN2CCC(N3C[C@H](O)C[C@H]3C(=O)N(C)C)CC2)n(C)n1. The molecule has 0 saturated carbocycles. The molecule has 0 aliphatic carbocycles. The van der Waals surface area contributed by atoms with E-state index < -0.39 is 0 Å². The van der Waals surface area contributed by atoms with Gasteiger partial charge in [-0.05, 0) is 32.3 Å². The number of nitrogens with zero attached hydrogens (tertiary/aromatic N) is 5. The van der Waals surface area contributed by atoms with Crippen LogP contribution in [0, 0.1) is 6.92 Å². The molecule has 2 saturated heterocycles. The van der Waals surface area contributed by atoms with Crippen LogP contribution in [0.5, 0.6) is 0 Å². The molecule has 1 aromatic rings. The Labute approximate surface area is 150 Å². The standard InChI is InChI=1S/C18H31N5O2/c1-13-9-15(21(4)19-13)11-22-7-5-14(6-8-22)23-12-16(24)10-17(23)18(25)20(2)3/h9,14,16-17,24H,5-8,10-12H2,1-4H3/t16-,17+/m1/s1. The average molecular weight is 349 g/mol. The minimum Gasteiger partial charge on any atom is -0.392 e. The van der Waals surface area contributed by atoms with E-state index in [1.165, 1.54) is 5.69 Å². The topological polar surface area (TPSA) is 64.8 Å². The van der Waals surface area contributed by atoms with Gasteiger partial charge in [0.2, 0.25) is 5.91 Å². The maximum Gasteiger partial charge on any atom is 0.239 e. The molecule has 0 unspecified atom stereocenters. The highest BCUT2D eigenvalue weighted by Gasteiger charge is 2.41. The number of β-amino-alcohol motifs (C(OH)–C–C–N with tert-alkyl or cyclic N) is 1. The Bertz CT molecular complexity index is 607. The van der Waals surface area contributed by atoms with Gasteiger partial charge in [0.05, 0.1) is 23.5 Å². The summed E-state index contributed by atoms with van der Waals surface area (Å²) >= 11 is 0. The van der Waals surface area contributed by atoms with Crippen LogP contribution < -0.4 is 0 Å². The highest BCUT2D eigenvalue weighted by atomic mass is 16.3. The largest absolute Gasteiger partial charge is 0.392 e. The summed E-state index contributed by atoms with van der Waals surface area (Å²) in [6.45, 7) is 5.60. The van der Waals surface area contributed by atoms with E-state index >= 15 is 0 Å². The summed E-state index contributed by atoms with van der Waals surface area (Å²) in [5, 5.41) is 14.5. The van der Waals surface area contributed by atoms with Crippen molar-refractivity contribution < 1.29 is 9.90 Å². The molecule has 0 radical (unpaired) electrons. The molecule has 1 amide bonds. The van der Waals surface area contributed by atoms with Crippen molar-refractivity contribution in [2.24, 2.45) is 7.05 Å². The molecule has 0 bridgehead atoms. The number of aliphatic hydroxyl groups is 1. The molecule has 25 heavy (non-hydrogen) atoms. The average Bonchev–Trinajstić information content (AvgIpc) is 3.09. The summed E-state index contributed by atoms with van der Waals surface area (Å²) in [5.74, 6) is 0.115. The van der Waals surface area contributed by atoms with Gasteiger partial charge in [0.25, 0.3) is 0 Å². The van der Waals surface area contributed by atoms with Crippen LogP contribution in [0.1, 0.15) is 30.7 Å². The second-order valence-corrected chi connectivity index (χ2v) is 7.74. The Morgan fingerprint density at radius 1 is 1.36 bits per heavy atom. The first-order valence-corrected chi connectivity index (χ1v) is 9.22. The zero-order valence-electron chi connectivity index (χ0n) is 15.9. The van der Waals surface area contributed by atoms with Gasteiger partial charge in [0, 0.05) is 53.4 Å². The Hall–Kier alpha value is -1.44. The Morgan fingerprint density at radius 3 is 2.60 bits per heavy atom. The molecule has 7 nitrogen and oxygen atoms in total. The number of likely N-dealkylation sites (N-methyl/N-ethyl adjacent to an activating group) is 1. The third-order valence-corrected chi connectivity index (χ3v) is 5.55. The quantitative estimate of drug-likeness (QED) is 0.842. The predicted octanol–water partition coefficient (Wildman–Crippen LogP) is 0.216. The maximum atomic E-state index is 12.4. The van der Waals surface area contributed by atoms with Gasteiger partial charge >= 0.3 is 0 Å². The summed E-state index contributed by atoms with van der Waals surface area (Å²) < 4.78 is 1.96. The first-order valence-electron chi connectivity index (χ1n) is 9.22. The van der Waals surface area contributed by atoms with E-state index in [-0.39, 0.29) is 18.1 Å². The molecule has 0 aromatic carbocycles. The normalized spacial score (nSPS) is 26.3. The number of aromatic nitrogens is 2. The minimum absolute atomic E-state index is 0.115. The fraction of sp³-hybridized carbons (Fsp3) is 0.778. The van der Waals surface area contributed by atoms with Gasteiger partial charge in [-0.2, -0.15) is 5.10 Å². The molecule has 7 heteroatoms. The monoisotopic (exact) mass is 349 g/mol. The predicted molar refractivity (Wildman–Crippen MR) is 96.1 cm³/mol. The van der Waals surface area contributed by atoms with Crippen molar-refractivity contribution in [3.63, 3.8) is 0 Å². The molecule has 140 valence electrons. The lowest BCUT2D eigenvalue weighted by Gasteiger charge is -2.39. The zero-order chi connectivity index (χ0) is 18.1. The lowest BCUT2D eigenvalue weighted by atomic mass is 10.0. The van der Waals surface area contributed by atoms with Crippen LogP contribution in [0.4, 0.5) is 0 Å². The first-order chi connectivity index (χ1) is 11.8. The highest BCUT2D eigenvalue weighted by Crippen LogP contribution is 2.27. The van der Waals surface area contributed by atoms with Gasteiger partial charge in [0.15, 0.2) is 0 Å². The maximum absolute atomic E-state index is 12.4. The van der Waals surface area contributed by atoms with Crippen molar-refractivity contribution in [1.29, 1.82) is 0 Å². The lowest BCUT2D eigenvalue weighted by Crippen LogP contribution is -2.51. The van der Waals surface area contributed by atoms with Crippen LogP contribution in [0.15, 0.2) is 6.07 Å². The smallest absolute Gasteiger partial charge is 0.239 e. The summed E-state index contributed by atoms with van der Waals surface area (Å²) in [7, 11) is 5.59. The van der Waals surface area contributed by atoms with Gasteiger partial charge in [-0.3, -0.25) is 19.3 Å². The number of carbonyl (C=O) groups is 1. The number of carbonyl (C=O) groups excluding carboxylic acids is 1. The number of aliphatic hydroxyl groups excluding tert-OH is 1. The van der Waals surface area contributed by atoms with E-state index in [1.807, 2.05) is 18.7 Å². The van der Waals surface area contributed by atoms with Crippen molar-refractivity contribution in [3.8, 4) is 0 Å². The van der Waals surface area contributed by atoms with E-state index in [4.69, 9.17) is 0 Å². The molecule has 3 rings (SSSR count). The number of aryl methyl sites for hydroxylation is 2. The van der Waals surface area contributed by atoms with E-state index in [0.717, 1.165) is 38.2 Å². The molecule has 1 aromatic heterocycles. The fourth-order valence-corrected chi connectivity index (χ4v) is 4.23. The summed E-state index contributed by atoms with van der Waals surface area (Å²) in [6.07, 6.45) is 2.26. The highest BCUT2D eigenvalue weighted by molar-refractivity contribution is 5.81. The van der Waals surface area contributed by atoms with Crippen molar-refractivity contribution in [3.05, 3.63) is 17.5 Å². The van der Waals surface area contributed by atoms with Gasteiger partial charge in [-0.1, -0.05) is 0 Å². The van der Waals surface area contributed by atoms with Crippen molar-refractivity contribution in [2.45, 2.75) is 50.9 Å². The van der Waals surface area contributed by atoms with Crippen LogP contribution in [0.2, 0.25) is 0 Å². The molecule has 2 atom stereocenters. The number of hydrogen-bond acceptors (Lipinski definition) is 5. The molecular formula is C18H31N5O2. The number of likely N-dealkylation sites (tertiary alicyclic amines) is 2. The molecular weight excluding hydrogens is 318 g/mol.